The van der Waals surface area contributed by atoms with Crippen molar-refractivity contribution in [2.45, 2.75) is 26.1 Å². The molecule has 0 fully saturated rings. The molecule has 4 rings (SSSR count). The molecule has 0 aliphatic carbocycles. The second-order valence-electron chi connectivity index (χ2n) is 5.93. The topological polar surface area (TPSA) is 56.1 Å². The highest BCUT2D eigenvalue weighted by atomic mass is 32.1. The van der Waals surface area contributed by atoms with Crippen LogP contribution in [0.5, 0.6) is 5.88 Å². The van der Waals surface area contributed by atoms with Crippen molar-refractivity contribution in [2.75, 3.05) is 13.2 Å². The average Bonchev–Trinajstić information content (AvgIpc) is 3.22. The minimum atomic E-state index is 0.172. The van der Waals surface area contributed by atoms with Gasteiger partial charge in [0.15, 0.2) is 0 Å². The van der Waals surface area contributed by atoms with Crippen LogP contribution in [0.25, 0.3) is 0 Å². The van der Waals surface area contributed by atoms with E-state index in [0.717, 1.165) is 30.3 Å². The maximum atomic E-state index is 5.86. The van der Waals surface area contributed by atoms with E-state index in [1.54, 1.807) is 17.5 Å². The Morgan fingerprint density at radius 2 is 2.25 bits per heavy atom. The highest BCUT2D eigenvalue weighted by Gasteiger charge is 2.26. The zero-order valence-electron chi connectivity index (χ0n) is 13.5. The lowest BCUT2D eigenvalue weighted by molar-refractivity contribution is 0.124. The molecule has 4 heterocycles. The molecule has 0 aromatic carbocycles. The summed E-state index contributed by atoms with van der Waals surface area (Å²) < 4.78 is 7.94. The van der Waals surface area contributed by atoms with Gasteiger partial charge in [-0.3, -0.25) is 9.58 Å². The van der Waals surface area contributed by atoms with Gasteiger partial charge in [-0.2, -0.15) is 5.10 Å². The summed E-state index contributed by atoms with van der Waals surface area (Å²) in [7, 11) is 0. The van der Waals surface area contributed by atoms with Gasteiger partial charge in [-0.1, -0.05) is 6.07 Å². The van der Waals surface area contributed by atoms with E-state index in [0.29, 0.717) is 12.5 Å². The minimum Gasteiger partial charge on any atom is -0.475 e. The molecule has 1 atom stereocenters. The summed E-state index contributed by atoms with van der Waals surface area (Å²) in [5, 5.41) is 7.72. The van der Waals surface area contributed by atoms with E-state index in [1.807, 2.05) is 31.3 Å². The van der Waals surface area contributed by atoms with Crippen LogP contribution >= 0.6 is 11.3 Å². The van der Waals surface area contributed by atoms with E-state index in [2.05, 4.69) is 36.1 Å². The molecule has 1 aliphatic heterocycles. The SMILES string of the molecule is Cc1nc(CN2Cc3ccnn3[C@@H](COc3ccccn3)C2)cs1. The first kappa shape index (κ1) is 15.3. The van der Waals surface area contributed by atoms with Crippen molar-refractivity contribution in [1.29, 1.82) is 0 Å². The molecule has 0 N–H and O–H groups in total. The normalized spacial score (nSPS) is 17.6. The number of ether oxygens (including phenoxy) is 1. The summed E-state index contributed by atoms with van der Waals surface area (Å²) in [6, 6.07) is 7.94. The third-order valence-corrected chi connectivity index (χ3v) is 4.89. The van der Waals surface area contributed by atoms with E-state index in [9.17, 15) is 0 Å². The van der Waals surface area contributed by atoms with Crippen molar-refractivity contribution < 1.29 is 4.74 Å². The van der Waals surface area contributed by atoms with Gasteiger partial charge >= 0.3 is 0 Å². The molecule has 124 valence electrons. The lowest BCUT2D eigenvalue weighted by Gasteiger charge is -2.33. The Kier molecular flexibility index (Phi) is 4.27. The molecule has 7 heteroatoms. The van der Waals surface area contributed by atoms with Crippen LogP contribution in [0.15, 0.2) is 42.0 Å². The van der Waals surface area contributed by atoms with Crippen LogP contribution in [0, 0.1) is 6.92 Å². The van der Waals surface area contributed by atoms with Gasteiger partial charge in [0.25, 0.3) is 0 Å². The van der Waals surface area contributed by atoms with Crippen LogP contribution in [-0.2, 0) is 13.1 Å². The highest BCUT2D eigenvalue weighted by Crippen LogP contribution is 2.23. The van der Waals surface area contributed by atoms with Crippen LogP contribution in [0.4, 0.5) is 0 Å². The Bertz CT molecular complexity index is 800. The molecule has 3 aromatic rings. The van der Waals surface area contributed by atoms with Crippen molar-refractivity contribution in [3.05, 3.63) is 58.4 Å². The van der Waals surface area contributed by atoms with Crippen LogP contribution in [0.3, 0.4) is 0 Å². The summed E-state index contributed by atoms with van der Waals surface area (Å²) >= 11 is 1.70. The van der Waals surface area contributed by atoms with Gasteiger partial charge in [0.1, 0.15) is 6.61 Å². The Balaban J connectivity index is 1.46. The van der Waals surface area contributed by atoms with Crippen molar-refractivity contribution in [3.8, 4) is 5.88 Å². The van der Waals surface area contributed by atoms with E-state index < -0.39 is 0 Å². The molecule has 0 saturated carbocycles. The van der Waals surface area contributed by atoms with Crippen molar-refractivity contribution in [2.24, 2.45) is 0 Å². The number of fused-ring (bicyclic) bond motifs is 1. The fraction of sp³-hybridized carbons (Fsp3) is 0.353. The highest BCUT2D eigenvalue weighted by molar-refractivity contribution is 7.09. The van der Waals surface area contributed by atoms with E-state index >= 15 is 0 Å². The number of aromatic nitrogens is 4. The summed E-state index contributed by atoms with van der Waals surface area (Å²) in [6.45, 7) is 5.23. The Morgan fingerprint density at radius 1 is 1.29 bits per heavy atom. The van der Waals surface area contributed by atoms with Gasteiger partial charge in [0.05, 0.1) is 22.4 Å². The van der Waals surface area contributed by atoms with E-state index in [-0.39, 0.29) is 6.04 Å². The van der Waals surface area contributed by atoms with Gasteiger partial charge < -0.3 is 4.74 Å². The van der Waals surface area contributed by atoms with Crippen molar-refractivity contribution in [3.63, 3.8) is 0 Å². The maximum absolute atomic E-state index is 5.86. The molecular formula is C17H19N5OS. The third kappa shape index (κ3) is 3.32. The fourth-order valence-electron chi connectivity index (χ4n) is 3.03. The summed E-state index contributed by atoms with van der Waals surface area (Å²) in [6.07, 6.45) is 3.60. The van der Waals surface area contributed by atoms with Crippen LogP contribution in [0.1, 0.15) is 22.4 Å². The second-order valence-corrected chi connectivity index (χ2v) is 6.99. The van der Waals surface area contributed by atoms with Gasteiger partial charge in [0, 0.05) is 43.5 Å². The molecule has 0 saturated heterocycles. The summed E-state index contributed by atoms with van der Waals surface area (Å²) in [5.74, 6) is 0.651. The molecule has 0 bridgehead atoms. The number of rotatable bonds is 5. The largest absolute Gasteiger partial charge is 0.475 e. The minimum absolute atomic E-state index is 0.172. The monoisotopic (exact) mass is 341 g/mol. The van der Waals surface area contributed by atoms with Gasteiger partial charge in [-0.15, -0.1) is 11.3 Å². The number of hydrogen-bond acceptors (Lipinski definition) is 6. The number of aryl methyl sites for hydroxylation is 1. The maximum Gasteiger partial charge on any atom is 0.213 e. The number of thiazole rings is 1. The van der Waals surface area contributed by atoms with Gasteiger partial charge in [-0.05, 0) is 19.1 Å². The van der Waals surface area contributed by atoms with Gasteiger partial charge in [0.2, 0.25) is 5.88 Å². The molecule has 0 spiro atoms. The zero-order valence-corrected chi connectivity index (χ0v) is 14.3. The molecule has 1 aliphatic rings. The standard InChI is InChI=1S/C17H19N5OS/c1-13-20-14(12-24-13)8-21-9-15-5-7-19-22(15)16(10-21)11-23-17-4-2-3-6-18-17/h2-7,12,16H,8-11H2,1H3/t16-/m1/s1. The first-order valence-electron chi connectivity index (χ1n) is 7.97. The van der Waals surface area contributed by atoms with Crippen LogP contribution in [0.2, 0.25) is 0 Å². The molecule has 0 unspecified atom stereocenters. The summed E-state index contributed by atoms with van der Waals surface area (Å²) in [5.41, 5.74) is 2.35. The Hall–Kier alpha value is -2.25. The summed E-state index contributed by atoms with van der Waals surface area (Å²) in [4.78, 5) is 11.2. The second kappa shape index (κ2) is 6.70. The van der Waals surface area contributed by atoms with E-state index in [4.69, 9.17) is 4.74 Å². The number of nitrogens with zero attached hydrogens (tertiary/aromatic N) is 5. The smallest absolute Gasteiger partial charge is 0.213 e. The number of hydrogen-bond donors (Lipinski definition) is 0. The number of pyridine rings is 1. The predicted molar refractivity (Wildman–Crippen MR) is 92.0 cm³/mol. The third-order valence-electron chi connectivity index (χ3n) is 4.07. The van der Waals surface area contributed by atoms with E-state index in [1.165, 1.54) is 5.69 Å². The zero-order chi connectivity index (χ0) is 16.4. The molecule has 0 amide bonds. The van der Waals surface area contributed by atoms with Crippen molar-refractivity contribution >= 4 is 11.3 Å². The van der Waals surface area contributed by atoms with Crippen LogP contribution < -0.4 is 4.74 Å². The van der Waals surface area contributed by atoms with Crippen LogP contribution in [-0.4, -0.2) is 37.8 Å². The lowest BCUT2D eigenvalue weighted by atomic mass is 10.2. The predicted octanol–water partition coefficient (Wildman–Crippen LogP) is 2.68. The Labute approximate surface area is 144 Å². The molecule has 6 nitrogen and oxygen atoms in total. The molecule has 24 heavy (non-hydrogen) atoms. The molecule has 3 aromatic heterocycles. The van der Waals surface area contributed by atoms with Gasteiger partial charge in [-0.25, -0.2) is 9.97 Å². The lowest BCUT2D eigenvalue weighted by Crippen LogP contribution is -2.39. The quantitative estimate of drug-likeness (QED) is 0.714. The Morgan fingerprint density at radius 3 is 3.04 bits per heavy atom. The first-order valence-corrected chi connectivity index (χ1v) is 8.85. The molecular weight excluding hydrogens is 322 g/mol. The first-order chi connectivity index (χ1) is 11.8. The molecule has 0 radical (unpaired) electrons. The average molecular weight is 341 g/mol. The van der Waals surface area contributed by atoms with Crippen molar-refractivity contribution in [1.82, 2.24) is 24.6 Å². The fourth-order valence-corrected chi connectivity index (χ4v) is 3.64.